The van der Waals surface area contributed by atoms with Crippen molar-refractivity contribution in [3.05, 3.63) is 66.2 Å². The third kappa shape index (κ3) is 5.02. The number of benzene rings is 2. The Hall–Kier alpha value is -4.34. The Bertz CT molecular complexity index is 1380. The predicted molar refractivity (Wildman–Crippen MR) is 130 cm³/mol. The number of nitrogens with one attached hydrogen (secondary N) is 2. The highest BCUT2D eigenvalue weighted by Crippen LogP contribution is 2.35. The van der Waals surface area contributed by atoms with E-state index >= 15 is 0 Å². The first kappa shape index (κ1) is 23.4. The number of H-pyrrole nitrogens is 1. The van der Waals surface area contributed by atoms with Crippen LogP contribution in [-0.4, -0.2) is 50.0 Å². The van der Waals surface area contributed by atoms with Crippen LogP contribution in [0.5, 0.6) is 0 Å². The van der Waals surface area contributed by atoms with Crippen LogP contribution in [0, 0.1) is 5.82 Å². The number of nitrogens with zero attached hydrogens (tertiary/aromatic N) is 4. The smallest absolute Gasteiger partial charge is 0.327 e. The summed E-state index contributed by atoms with van der Waals surface area (Å²) in [7, 11) is 0. The number of amides is 1. The summed E-state index contributed by atoms with van der Waals surface area (Å²) < 4.78 is 19.9. The molecule has 10 heteroatoms. The van der Waals surface area contributed by atoms with Gasteiger partial charge in [0.05, 0.1) is 18.5 Å². The van der Waals surface area contributed by atoms with Crippen molar-refractivity contribution >= 4 is 11.9 Å². The molecule has 2 aromatic heterocycles. The molecule has 1 amide bonds. The van der Waals surface area contributed by atoms with E-state index in [9.17, 15) is 14.0 Å². The number of aromatic amines is 1. The van der Waals surface area contributed by atoms with Crippen LogP contribution in [0.4, 0.5) is 4.39 Å². The number of carbonyl (C=O) groups excluding carboxylic acids is 2. The first-order chi connectivity index (χ1) is 17.5. The molecule has 1 aliphatic heterocycles. The lowest BCUT2D eigenvalue weighted by Gasteiger charge is -2.22. The third-order valence-electron chi connectivity index (χ3n) is 6.09. The van der Waals surface area contributed by atoms with Crippen LogP contribution in [-0.2, 0) is 20.9 Å². The van der Waals surface area contributed by atoms with E-state index in [1.807, 2.05) is 24.3 Å². The molecule has 1 unspecified atom stereocenters. The summed E-state index contributed by atoms with van der Waals surface area (Å²) in [6, 6.07) is 13.9. The van der Waals surface area contributed by atoms with Gasteiger partial charge in [-0.25, -0.2) is 14.1 Å². The van der Waals surface area contributed by atoms with E-state index in [0.29, 0.717) is 31.1 Å². The molecular weight excluding hydrogens is 463 g/mol. The quantitative estimate of drug-likeness (QED) is 0.384. The van der Waals surface area contributed by atoms with Gasteiger partial charge in [0, 0.05) is 41.3 Å². The number of carbonyl (C=O) groups is 2. The number of esters is 1. The molecule has 2 N–H and O–H groups in total. The monoisotopic (exact) mass is 488 g/mol. The van der Waals surface area contributed by atoms with Crippen LogP contribution < -0.4 is 5.32 Å². The number of rotatable bonds is 7. The van der Waals surface area contributed by atoms with Gasteiger partial charge in [-0.05, 0) is 37.6 Å². The van der Waals surface area contributed by atoms with Crippen molar-refractivity contribution in [2.75, 3.05) is 13.2 Å². The van der Waals surface area contributed by atoms with Gasteiger partial charge in [0.25, 0.3) is 0 Å². The van der Waals surface area contributed by atoms with Crippen LogP contribution in [0.2, 0.25) is 0 Å². The predicted octanol–water partition coefficient (Wildman–Crippen LogP) is 3.70. The molecule has 2 aromatic carbocycles. The third-order valence-corrected chi connectivity index (χ3v) is 6.09. The van der Waals surface area contributed by atoms with E-state index in [1.165, 1.54) is 16.8 Å². The van der Waals surface area contributed by atoms with E-state index in [2.05, 4.69) is 20.6 Å². The average molecular weight is 489 g/mol. The minimum Gasteiger partial charge on any atom is -0.465 e. The van der Waals surface area contributed by atoms with Crippen molar-refractivity contribution in [3.63, 3.8) is 0 Å². The molecule has 0 spiro atoms. The molecule has 3 heterocycles. The number of hydrogen-bond donors (Lipinski definition) is 2. The largest absolute Gasteiger partial charge is 0.465 e. The molecule has 1 fully saturated rings. The maximum Gasteiger partial charge on any atom is 0.327 e. The van der Waals surface area contributed by atoms with Gasteiger partial charge >= 0.3 is 5.97 Å². The van der Waals surface area contributed by atoms with Crippen molar-refractivity contribution in [2.45, 2.75) is 32.2 Å². The number of aromatic nitrogens is 5. The summed E-state index contributed by atoms with van der Waals surface area (Å²) in [6.07, 6.45) is 2.86. The summed E-state index contributed by atoms with van der Waals surface area (Å²) in [5.74, 6) is -0.0254. The first-order valence-electron chi connectivity index (χ1n) is 11.8. The normalized spacial score (nSPS) is 15.5. The molecule has 0 saturated carbocycles. The maximum atomic E-state index is 13.5. The van der Waals surface area contributed by atoms with Crippen molar-refractivity contribution in [2.24, 2.45) is 0 Å². The van der Waals surface area contributed by atoms with E-state index in [-0.39, 0.29) is 30.2 Å². The summed E-state index contributed by atoms with van der Waals surface area (Å²) in [4.78, 5) is 32.0. The lowest BCUT2D eigenvalue weighted by Crippen LogP contribution is -2.32. The highest BCUT2D eigenvalue weighted by atomic mass is 19.1. The molecular formula is C26H25FN6O3. The van der Waals surface area contributed by atoms with Crippen molar-refractivity contribution in [3.8, 4) is 33.9 Å². The second-order valence-corrected chi connectivity index (χ2v) is 8.58. The lowest BCUT2D eigenvalue weighted by atomic mass is 9.91. The zero-order valence-corrected chi connectivity index (χ0v) is 19.7. The Morgan fingerprint density at radius 2 is 1.83 bits per heavy atom. The maximum absolute atomic E-state index is 13.5. The Kier molecular flexibility index (Phi) is 6.57. The fourth-order valence-corrected chi connectivity index (χ4v) is 4.32. The number of hydrogen-bond acceptors (Lipinski definition) is 6. The number of halogens is 1. The highest BCUT2D eigenvalue weighted by Gasteiger charge is 2.26. The van der Waals surface area contributed by atoms with Gasteiger partial charge in [-0.15, -0.1) is 5.10 Å². The van der Waals surface area contributed by atoms with Gasteiger partial charge in [0.2, 0.25) is 5.91 Å². The summed E-state index contributed by atoms with van der Waals surface area (Å²) in [6.45, 7) is 2.67. The molecule has 184 valence electrons. The second-order valence-electron chi connectivity index (χ2n) is 8.58. The van der Waals surface area contributed by atoms with Crippen LogP contribution in [0.25, 0.3) is 33.9 Å². The van der Waals surface area contributed by atoms with E-state index in [0.717, 1.165) is 34.5 Å². The molecule has 0 bridgehead atoms. The van der Waals surface area contributed by atoms with Crippen molar-refractivity contribution in [1.82, 2.24) is 30.3 Å². The van der Waals surface area contributed by atoms with Gasteiger partial charge in [-0.1, -0.05) is 29.5 Å². The first-order valence-corrected chi connectivity index (χ1v) is 11.8. The van der Waals surface area contributed by atoms with Crippen LogP contribution in [0.15, 0.2) is 54.7 Å². The van der Waals surface area contributed by atoms with E-state index in [4.69, 9.17) is 9.72 Å². The lowest BCUT2D eigenvalue weighted by molar-refractivity contribution is -0.144. The molecule has 5 rings (SSSR count). The highest BCUT2D eigenvalue weighted by molar-refractivity contribution is 5.79. The van der Waals surface area contributed by atoms with Gasteiger partial charge in [0.15, 0.2) is 0 Å². The van der Waals surface area contributed by atoms with Crippen LogP contribution >= 0.6 is 0 Å². The molecule has 4 aromatic rings. The molecule has 1 aliphatic rings. The molecule has 0 radical (unpaired) electrons. The van der Waals surface area contributed by atoms with Crippen LogP contribution in [0.3, 0.4) is 0 Å². The van der Waals surface area contributed by atoms with Gasteiger partial charge in [-0.2, -0.15) is 0 Å². The summed E-state index contributed by atoms with van der Waals surface area (Å²) >= 11 is 0. The fourth-order valence-electron chi connectivity index (χ4n) is 4.32. The SMILES string of the molecule is CCOC(=O)Cn1cc(-c2ccc(-c3nc(-c4ccc(F)cc4)c(C4CCNC(=O)C4)[nH]3)cc2)nn1. The zero-order valence-electron chi connectivity index (χ0n) is 19.7. The standard InChI is InChI=1S/C26H25FN6O3/c1-2-36-23(35)15-33-14-21(31-32-33)16-3-5-18(6-4-16)26-29-24(17-7-9-20(27)10-8-17)25(30-26)19-11-12-28-22(34)13-19/h3-10,14,19H,2,11-13,15H2,1H3,(H,28,34)(H,29,30). The minimum atomic E-state index is -0.370. The average Bonchev–Trinajstić information content (AvgIpc) is 3.53. The number of piperidine rings is 1. The molecule has 36 heavy (non-hydrogen) atoms. The van der Waals surface area contributed by atoms with E-state index < -0.39 is 0 Å². The molecule has 9 nitrogen and oxygen atoms in total. The van der Waals surface area contributed by atoms with Crippen LogP contribution in [0.1, 0.15) is 31.4 Å². The fraction of sp³-hybridized carbons (Fsp3) is 0.269. The van der Waals surface area contributed by atoms with Gasteiger partial charge in [0.1, 0.15) is 23.9 Å². The summed E-state index contributed by atoms with van der Waals surface area (Å²) in [5.41, 5.74) is 4.70. The number of imidazole rings is 1. The molecule has 1 saturated heterocycles. The second kappa shape index (κ2) is 10.1. The summed E-state index contributed by atoms with van der Waals surface area (Å²) in [5, 5.41) is 11.0. The Morgan fingerprint density at radius 3 is 2.56 bits per heavy atom. The Morgan fingerprint density at radius 1 is 1.11 bits per heavy atom. The Balaban J connectivity index is 1.43. The number of ether oxygens (including phenoxy) is 1. The van der Waals surface area contributed by atoms with Crippen molar-refractivity contribution < 1.29 is 18.7 Å². The molecule has 0 aliphatic carbocycles. The Labute approximate surface area is 206 Å². The zero-order chi connectivity index (χ0) is 25.1. The van der Waals surface area contributed by atoms with Gasteiger partial charge in [-0.3, -0.25) is 9.59 Å². The minimum absolute atomic E-state index is 0.000548. The van der Waals surface area contributed by atoms with Crippen molar-refractivity contribution in [1.29, 1.82) is 0 Å². The van der Waals surface area contributed by atoms with Gasteiger partial charge < -0.3 is 15.0 Å². The topological polar surface area (TPSA) is 115 Å². The molecule has 1 atom stereocenters. The van der Waals surface area contributed by atoms with E-state index in [1.54, 1.807) is 25.3 Å².